The fraction of sp³-hybridized carbons (Fsp3) is 0.471. The van der Waals surface area contributed by atoms with Gasteiger partial charge in [-0.3, -0.25) is 0 Å². The number of pyridine rings is 1. The van der Waals surface area contributed by atoms with E-state index in [0.29, 0.717) is 13.2 Å². The first-order valence-corrected chi connectivity index (χ1v) is 7.79. The van der Waals surface area contributed by atoms with Crippen LogP contribution in [0.1, 0.15) is 32.3 Å². The van der Waals surface area contributed by atoms with Gasteiger partial charge in [-0.2, -0.15) is 0 Å². The minimum absolute atomic E-state index is 0.605. The van der Waals surface area contributed by atoms with E-state index in [9.17, 15) is 0 Å². The lowest BCUT2D eigenvalue weighted by molar-refractivity contribution is 0.172. The zero-order chi connectivity index (χ0) is 14.7. The van der Waals surface area contributed by atoms with Crippen molar-refractivity contribution >= 4 is 16.7 Å². The molecule has 1 aromatic carbocycles. The van der Waals surface area contributed by atoms with Gasteiger partial charge in [0.05, 0.1) is 5.52 Å². The Labute approximate surface area is 125 Å². The molecule has 0 fully saturated rings. The standard InChI is InChI=1S/C17H22N2O2/c1-3-5-12-9-13-10-15-16(21-8-7-20-15)11-14(13)19-17(12)18-6-4-2/h9-11H,3-8H2,1-2H3,(H,18,19). The van der Waals surface area contributed by atoms with Crippen LogP contribution in [0.15, 0.2) is 18.2 Å². The van der Waals surface area contributed by atoms with Gasteiger partial charge in [-0.05, 0) is 30.5 Å². The topological polar surface area (TPSA) is 43.4 Å². The molecular formula is C17H22N2O2. The number of nitrogens with zero attached hydrogens (tertiary/aromatic N) is 1. The van der Waals surface area contributed by atoms with Crippen molar-refractivity contribution in [1.82, 2.24) is 4.98 Å². The highest BCUT2D eigenvalue weighted by Gasteiger charge is 2.15. The first kappa shape index (κ1) is 14.0. The number of ether oxygens (including phenoxy) is 2. The smallest absolute Gasteiger partial charge is 0.163 e. The summed E-state index contributed by atoms with van der Waals surface area (Å²) in [4.78, 5) is 4.79. The Morgan fingerprint density at radius 3 is 2.52 bits per heavy atom. The molecule has 0 bridgehead atoms. The second kappa shape index (κ2) is 6.20. The Balaban J connectivity index is 2.06. The van der Waals surface area contributed by atoms with E-state index in [1.807, 2.05) is 12.1 Å². The summed E-state index contributed by atoms with van der Waals surface area (Å²) in [5.41, 5.74) is 2.23. The fourth-order valence-electron chi connectivity index (χ4n) is 2.61. The van der Waals surface area contributed by atoms with Gasteiger partial charge in [0.25, 0.3) is 0 Å². The molecule has 0 saturated carbocycles. The number of hydrogen-bond donors (Lipinski definition) is 1. The van der Waals surface area contributed by atoms with Gasteiger partial charge in [0.1, 0.15) is 19.0 Å². The van der Waals surface area contributed by atoms with Crippen LogP contribution in [-0.2, 0) is 6.42 Å². The van der Waals surface area contributed by atoms with Gasteiger partial charge < -0.3 is 14.8 Å². The van der Waals surface area contributed by atoms with E-state index in [1.54, 1.807) is 0 Å². The Morgan fingerprint density at radius 1 is 1.05 bits per heavy atom. The van der Waals surface area contributed by atoms with Crippen LogP contribution in [0, 0.1) is 0 Å². The summed E-state index contributed by atoms with van der Waals surface area (Å²) in [7, 11) is 0. The van der Waals surface area contributed by atoms with Crippen molar-refractivity contribution in [3.63, 3.8) is 0 Å². The molecule has 2 aromatic rings. The molecule has 4 heteroatoms. The fourth-order valence-corrected chi connectivity index (χ4v) is 2.61. The lowest BCUT2D eigenvalue weighted by atomic mass is 10.1. The quantitative estimate of drug-likeness (QED) is 0.908. The molecule has 3 rings (SSSR count). The summed E-state index contributed by atoms with van der Waals surface area (Å²) in [6.45, 7) is 6.52. The van der Waals surface area contributed by atoms with Crippen molar-refractivity contribution in [2.75, 3.05) is 25.1 Å². The molecule has 0 spiro atoms. The third-order valence-corrected chi connectivity index (χ3v) is 3.62. The predicted octanol–water partition coefficient (Wildman–Crippen LogP) is 3.78. The van der Waals surface area contributed by atoms with Gasteiger partial charge in [0, 0.05) is 18.0 Å². The maximum Gasteiger partial charge on any atom is 0.163 e. The summed E-state index contributed by atoms with van der Waals surface area (Å²) < 4.78 is 11.3. The van der Waals surface area contributed by atoms with Crippen molar-refractivity contribution in [2.24, 2.45) is 0 Å². The first-order valence-electron chi connectivity index (χ1n) is 7.79. The molecule has 0 radical (unpaired) electrons. The highest BCUT2D eigenvalue weighted by atomic mass is 16.6. The van der Waals surface area contributed by atoms with Crippen LogP contribution in [0.25, 0.3) is 10.9 Å². The summed E-state index contributed by atoms with van der Waals surface area (Å²) in [5, 5.41) is 4.55. The zero-order valence-electron chi connectivity index (χ0n) is 12.7. The number of aryl methyl sites for hydroxylation is 1. The van der Waals surface area contributed by atoms with Crippen LogP contribution in [-0.4, -0.2) is 24.7 Å². The summed E-state index contributed by atoms with van der Waals surface area (Å²) >= 11 is 0. The van der Waals surface area contributed by atoms with Crippen LogP contribution in [0.4, 0.5) is 5.82 Å². The first-order chi connectivity index (χ1) is 10.3. The van der Waals surface area contributed by atoms with Crippen molar-refractivity contribution < 1.29 is 9.47 Å². The van der Waals surface area contributed by atoms with Gasteiger partial charge in [-0.15, -0.1) is 0 Å². The third kappa shape index (κ3) is 2.89. The van der Waals surface area contributed by atoms with E-state index in [0.717, 1.165) is 54.0 Å². The summed E-state index contributed by atoms with van der Waals surface area (Å²) in [6.07, 6.45) is 3.23. The zero-order valence-corrected chi connectivity index (χ0v) is 12.7. The second-order valence-electron chi connectivity index (χ2n) is 5.36. The van der Waals surface area contributed by atoms with Crippen molar-refractivity contribution in [3.8, 4) is 11.5 Å². The average Bonchev–Trinajstić information content (AvgIpc) is 2.51. The summed E-state index contributed by atoms with van der Waals surface area (Å²) in [6, 6.07) is 6.25. The van der Waals surface area contributed by atoms with E-state index < -0.39 is 0 Å². The molecule has 0 amide bonds. The molecule has 1 aliphatic rings. The normalized spacial score (nSPS) is 13.4. The number of nitrogens with one attached hydrogen (secondary N) is 1. The third-order valence-electron chi connectivity index (χ3n) is 3.62. The summed E-state index contributed by atoms with van der Waals surface area (Å²) in [5.74, 6) is 2.63. The number of fused-ring (bicyclic) bond motifs is 2. The second-order valence-corrected chi connectivity index (χ2v) is 5.36. The Kier molecular flexibility index (Phi) is 4.13. The molecule has 4 nitrogen and oxygen atoms in total. The minimum Gasteiger partial charge on any atom is -0.486 e. The Hall–Kier alpha value is -1.97. The Morgan fingerprint density at radius 2 is 1.81 bits per heavy atom. The highest BCUT2D eigenvalue weighted by molar-refractivity contribution is 5.85. The van der Waals surface area contributed by atoms with E-state index in [4.69, 9.17) is 14.5 Å². The van der Waals surface area contributed by atoms with Crippen LogP contribution in [0.2, 0.25) is 0 Å². The largest absolute Gasteiger partial charge is 0.486 e. The predicted molar refractivity (Wildman–Crippen MR) is 85.5 cm³/mol. The molecule has 2 heterocycles. The Bertz CT molecular complexity index is 640. The molecule has 21 heavy (non-hydrogen) atoms. The van der Waals surface area contributed by atoms with Gasteiger partial charge in [-0.25, -0.2) is 4.98 Å². The molecule has 0 saturated heterocycles. The number of aromatic nitrogens is 1. The van der Waals surface area contributed by atoms with Crippen molar-refractivity contribution in [1.29, 1.82) is 0 Å². The maximum absolute atomic E-state index is 5.66. The van der Waals surface area contributed by atoms with Gasteiger partial charge >= 0.3 is 0 Å². The van der Waals surface area contributed by atoms with E-state index in [-0.39, 0.29) is 0 Å². The number of hydrogen-bond acceptors (Lipinski definition) is 4. The molecule has 1 aliphatic heterocycles. The molecular weight excluding hydrogens is 264 g/mol. The highest BCUT2D eigenvalue weighted by Crippen LogP contribution is 2.35. The van der Waals surface area contributed by atoms with Crippen LogP contribution < -0.4 is 14.8 Å². The van der Waals surface area contributed by atoms with Crippen LogP contribution in [0.5, 0.6) is 11.5 Å². The lowest BCUT2D eigenvalue weighted by Crippen LogP contribution is -2.15. The average molecular weight is 286 g/mol. The molecule has 1 N–H and O–H groups in total. The molecule has 0 aliphatic carbocycles. The number of benzene rings is 1. The van der Waals surface area contributed by atoms with Crippen LogP contribution >= 0.6 is 0 Å². The molecule has 112 valence electrons. The number of anilines is 1. The molecule has 1 aromatic heterocycles. The van der Waals surface area contributed by atoms with Crippen LogP contribution in [0.3, 0.4) is 0 Å². The van der Waals surface area contributed by atoms with Crippen molar-refractivity contribution in [3.05, 3.63) is 23.8 Å². The lowest BCUT2D eigenvalue weighted by Gasteiger charge is -2.19. The SMILES string of the molecule is CCCNc1nc2cc3c(cc2cc1CCC)OCCO3. The number of rotatable bonds is 5. The minimum atomic E-state index is 0.605. The monoisotopic (exact) mass is 286 g/mol. The van der Waals surface area contributed by atoms with E-state index in [1.165, 1.54) is 5.56 Å². The van der Waals surface area contributed by atoms with Crippen molar-refractivity contribution in [2.45, 2.75) is 33.1 Å². The maximum atomic E-state index is 5.66. The van der Waals surface area contributed by atoms with E-state index in [2.05, 4.69) is 25.2 Å². The van der Waals surface area contributed by atoms with E-state index >= 15 is 0 Å². The van der Waals surface area contributed by atoms with Gasteiger partial charge in [0.2, 0.25) is 0 Å². The molecule has 0 unspecified atom stereocenters. The van der Waals surface area contributed by atoms with Gasteiger partial charge in [-0.1, -0.05) is 20.3 Å². The molecule has 0 atom stereocenters. The van der Waals surface area contributed by atoms with Gasteiger partial charge in [0.15, 0.2) is 11.5 Å².